The smallest absolute Gasteiger partial charge is 0.191 e. The maximum atomic E-state index is 5.53. The van der Waals surface area contributed by atoms with Crippen LogP contribution in [0.25, 0.3) is 0 Å². The highest BCUT2D eigenvalue weighted by molar-refractivity contribution is 7.09. The fourth-order valence-electron chi connectivity index (χ4n) is 2.83. The quantitative estimate of drug-likeness (QED) is 0.632. The van der Waals surface area contributed by atoms with Gasteiger partial charge in [-0.3, -0.25) is 4.99 Å². The van der Waals surface area contributed by atoms with E-state index in [1.165, 1.54) is 23.3 Å². The highest BCUT2D eigenvalue weighted by Gasteiger charge is 2.46. The van der Waals surface area contributed by atoms with Crippen LogP contribution in [0.3, 0.4) is 0 Å². The monoisotopic (exact) mass is 329 g/mol. The van der Waals surface area contributed by atoms with Crippen LogP contribution >= 0.6 is 11.3 Å². The van der Waals surface area contributed by atoms with Crippen LogP contribution in [0.2, 0.25) is 0 Å². The van der Waals surface area contributed by atoms with Crippen molar-refractivity contribution in [2.24, 2.45) is 4.99 Å². The second-order valence-corrected chi connectivity index (χ2v) is 6.87. The third kappa shape index (κ3) is 3.67. The van der Waals surface area contributed by atoms with E-state index >= 15 is 0 Å². The lowest BCUT2D eigenvalue weighted by molar-refractivity contribution is 0.403. The average molecular weight is 329 g/mol. The van der Waals surface area contributed by atoms with Gasteiger partial charge >= 0.3 is 0 Å². The second-order valence-electron chi connectivity index (χ2n) is 5.84. The highest BCUT2D eigenvalue weighted by Crippen LogP contribution is 2.50. The van der Waals surface area contributed by atoms with Crippen LogP contribution in [0, 0.1) is 0 Å². The summed E-state index contributed by atoms with van der Waals surface area (Å²) in [5.74, 6) is 1.83. The van der Waals surface area contributed by atoms with Crippen molar-refractivity contribution in [3.8, 4) is 5.75 Å². The Labute approximate surface area is 141 Å². The average Bonchev–Trinajstić information content (AvgIpc) is 3.20. The van der Waals surface area contributed by atoms with E-state index in [2.05, 4.69) is 45.3 Å². The molecule has 0 atom stereocenters. The van der Waals surface area contributed by atoms with Crippen molar-refractivity contribution in [3.63, 3.8) is 0 Å². The van der Waals surface area contributed by atoms with Gasteiger partial charge in [-0.25, -0.2) is 0 Å². The molecule has 23 heavy (non-hydrogen) atoms. The molecule has 3 rings (SSSR count). The van der Waals surface area contributed by atoms with Crippen molar-refractivity contribution < 1.29 is 4.74 Å². The molecular formula is C18H23N3OS. The molecule has 0 amide bonds. The Hall–Kier alpha value is -2.01. The van der Waals surface area contributed by atoms with Gasteiger partial charge in [0, 0.05) is 29.4 Å². The number of hydrogen-bond donors (Lipinski definition) is 2. The molecule has 4 nitrogen and oxygen atoms in total. The van der Waals surface area contributed by atoms with Crippen molar-refractivity contribution in [1.82, 2.24) is 10.6 Å². The molecule has 1 heterocycles. The number of rotatable bonds is 6. The molecule has 1 aliphatic carbocycles. The van der Waals surface area contributed by atoms with E-state index in [1.54, 1.807) is 18.4 Å². The summed E-state index contributed by atoms with van der Waals surface area (Å²) in [6.07, 6.45) is 2.37. The maximum Gasteiger partial charge on any atom is 0.191 e. The molecule has 1 aromatic heterocycles. The predicted octanol–water partition coefficient (Wildman–Crippen LogP) is 3.15. The van der Waals surface area contributed by atoms with Gasteiger partial charge in [0.05, 0.1) is 13.7 Å². The van der Waals surface area contributed by atoms with Crippen LogP contribution in [0.15, 0.2) is 46.8 Å². The first-order valence-corrected chi connectivity index (χ1v) is 8.76. The van der Waals surface area contributed by atoms with Crippen LogP contribution in [-0.4, -0.2) is 26.7 Å². The molecule has 1 aromatic carbocycles. The third-order valence-corrected chi connectivity index (χ3v) is 5.24. The molecule has 1 saturated carbocycles. The Morgan fingerprint density at radius 2 is 2.04 bits per heavy atom. The van der Waals surface area contributed by atoms with Crippen LogP contribution in [0.5, 0.6) is 5.75 Å². The van der Waals surface area contributed by atoms with Gasteiger partial charge < -0.3 is 15.4 Å². The highest BCUT2D eigenvalue weighted by atomic mass is 32.1. The van der Waals surface area contributed by atoms with E-state index in [-0.39, 0.29) is 5.41 Å². The number of aliphatic imine (C=N–C) groups is 1. The number of benzene rings is 1. The topological polar surface area (TPSA) is 45.7 Å². The molecule has 1 fully saturated rings. The van der Waals surface area contributed by atoms with Crippen molar-refractivity contribution in [2.45, 2.75) is 24.8 Å². The summed E-state index contributed by atoms with van der Waals surface area (Å²) in [5, 5.41) is 8.93. The lowest BCUT2D eigenvalue weighted by atomic mass is 9.95. The lowest BCUT2D eigenvalue weighted by Gasteiger charge is -2.21. The number of nitrogens with zero attached hydrogens (tertiary/aromatic N) is 1. The van der Waals surface area contributed by atoms with Gasteiger partial charge in [0.25, 0.3) is 0 Å². The fourth-order valence-corrected chi connectivity index (χ4v) is 3.48. The van der Waals surface area contributed by atoms with Gasteiger partial charge in [-0.05, 0) is 30.4 Å². The minimum Gasteiger partial charge on any atom is -0.496 e. The Morgan fingerprint density at radius 1 is 1.22 bits per heavy atom. The molecule has 1 aliphatic rings. The molecular weight excluding hydrogens is 306 g/mol. The molecule has 0 unspecified atom stereocenters. The standard InChI is InChI=1S/C18H23N3OS/c1-19-17(20-12-14-6-5-11-23-14)21-13-18(9-10-18)15-7-3-4-8-16(15)22-2/h3-8,11H,9-10,12-13H2,1-2H3,(H2,19,20,21). The van der Waals surface area contributed by atoms with Gasteiger partial charge in [0.1, 0.15) is 5.75 Å². The first-order chi connectivity index (χ1) is 11.3. The van der Waals surface area contributed by atoms with E-state index in [1.807, 2.05) is 19.2 Å². The Balaban J connectivity index is 1.60. The lowest BCUT2D eigenvalue weighted by Crippen LogP contribution is -2.40. The van der Waals surface area contributed by atoms with Gasteiger partial charge in [-0.1, -0.05) is 24.3 Å². The van der Waals surface area contributed by atoms with Crippen molar-refractivity contribution in [2.75, 3.05) is 20.7 Å². The van der Waals surface area contributed by atoms with E-state index in [4.69, 9.17) is 4.74 Å². The van der Waals surface area contributed by atoms with E-state index < -0.39 is 0 Å². The Bertz CT molecular complexity index is 663. The molecule has 5 heteroatoms. The Kier molecular flexibility index (Phi) is 4.86. The number of thiophene rings is 1. The van der Waals surface area contributed by atoms with E-state index in [0.29, 0.717) is 0 Å². The molecule has 0 bridgehead atoms. The third-order valence-electron chi connectivity index (χ3n) is 4.36. The summed E-state index contributed by atoms with van der Waals surface area (Å²) >= 11 is 1.75. The fraction of sp³-hybridized carbons (Fsp3) is 0.389. The number of methoxy groups -OCH3 is 1. The maximum absolute atomic E-state index is 5.53. The number of guanidine groups is 1. The minimum atomic E-state index is 0.174. The van der Waals surface area contributed by atoms with Gasteiger partial charge in [0.15, 0.2) is 5.96 Å². The second kappa shape index (κ2) is 7.04. The number of para-hydroxylation sites is 1. The van der Waals surface area contributed by atoms with E-state index in [0.717, 1.165) is 24.8 Å². The zero-order valence-electron chi connectivity index (χ0n) is 13.6. The summed E-state index contributed by atoms with van der Waals surface area (Å²) < 4.78 is 5.53. The van der Waals surface area contributed by atoms with Crippen LogP contribution in [-0.2, 0) is 12.0 Å². The number of nitrogens with one attached hydrogen (secondary N) is 2. The molecule has 0 saturated heterocycles. The normalized spacial score (nSPS) is 16.0. The summed E-state index contributed by atoms with van der Waals surface area (Å²) in [7, 11) is 3.55. The number of ether oxygens (including phenoxy) is 1. The largest absolute Gasteiger partial charge is 0.496 e. The SMILES string of the molecule is CN=C(NCc1cccs1)NCC1(c2ccccc2OC)CC1. The molecule has 122 valence electrons. The molecule has 0 spiro atoms. The summed E-state index contributed by atoms with van der Waals surface area (Å²) in [4.78, 5) is 5.63. The summed E-state index contributed by atoms with van der Waals surface area (Å²) in [6.45, 7) is 1.68. The van der Waals surface area contributed by atoms with Crippen LogP contribution in [0.4, 0.5) is 0 Å². The van der Waals surface area contributed by atoms with Crippen LogP contribution < -0.4 is 15.4 Å². The minimum absolute atomic E-state index is 0.174. The molecule has 2 aromatic rings. The van der Waals surface area contributed by atoms with Gasteiger partial charge in [-0.2, -0.15) is 0 Å². The van der Waals surface area contributed by atoms with Gasteiger partial charge in [0.2, 0.25) is 0 Å². The summed E-state index contributed by atoms with van der Waals surface area (Å²) in [5.41, 5.74) is 1.47. The molecule has 0 aliphatic heterocycles. The van der Waals surface area contributed by atoms with Gasteiger partial charge in [-0.15, -0.1) is 11.3 Å². The first kappa shape index (κ1) is 15.9. The van der Waals surface area contributed by atoms with Crippen molar-refractivity contribution in [1.29, 1.82) is 0 Å². The van der Waals surface area contributed by atoms with Crippen molar-refractivity contribution >= 4 is 17.3 Å². The van der Waals surface area contributed by atoms with E-state index in [9.17, 15) is 0 Å². The zero-order chi connectivity index (χ0) is 16.1. The molecule has 0 radical (unpaired) electrons. The number of hydrogen-bond acceptors (Lipinski definition) is 3. The molecule has 2 N–H and O–H groups in total. The Morgan fingerprint density at radius 3 is 2.70 bits per heavy atom. The first-order valence-electron chi connectivity index (χ1n) is 7.88. The van der Waals surface area contributed by atoms with Crippen molar-refractivity contribution in [3.05, 3.63) is 52.2 Å². The zero-order valence-corrected chi connectivity index (χ0v) is 14.5. The summed E-state index contributed by atoms with van der Waals surface area (Å²) in [6, 6.07) is 12.5. The van der Waals surface area contributed by atoms with Crippen LogP contribution in [0.1, 0.15) is 23.3 Å². The predicted molar refractivity (Wildman–Crippen MR) is 96.4 cm³/mol.